The van der Waals surface area contributed by atoms with Crippen LogP contribution >= 0.6 is 11.8 Å². The van der Waals surface area contributed by atoms with Crippen molar-refractivity contribution in [2.24, 2.45) is 0 Å². The summed E-state index contributed by atoms with van der Waals surface area (Å²) in [6.45, 7) is 6.72. The fourth-order valence-corrected chi connectivity index (χ4v) is 2.96. The topological polar surface area (TPSA) is 70.5 Å². The van der Waals surface area contributed by atoms with Gasteiger partial charge in [0.2, 0.25) is 6.29 Å². The third-order valence-electron chi connectivity index (χ3n) is 3.19. The number of ether oxygens (including phenoxy) is 2. The Morgan fingerprint density at radius 1 is 1.28 bits per heavy atom. The van der Waals surface area contributed by atoms with Gasteiger partial charge >= 0.3 is 0 Å². The van der Waals surface area contributed by atoms with Crippen LogP contribution in [-0.4, -0.2) is 18.6 Å². The first-order valence-corrected chi connectivity index (χ1v) is 7.14. The van der Waals surface area contributed by atoms with Crippen molar-refractivity contribution in [2.75, 3.05) is 23.8 Å². The Balaban J connectivity index is 2.32. The maximum atomic E-state index is 6.12. The lowest BCUT2D eigenvalue weighted by atomic mass is 10.1. The molecule has 1 aliphatic rings. The number of nitrogens with two attached hydrogens (primary N) is 2. The van der Waals surface area contributed by atoms with Crippen LogP contribution in [0.2, 0.25) is 0 Å². The predicted molar refractivity (Wildman–Crippen MR) is 76.1 cm³/mol. The van der Waals surface area contributed by atoms with Crippen molar-refractivity contribution in [3.05, 3.63) is 11.1 Å². The molecule has 5 heteroatoms. The summed E-state index contributed by atoms with van der Waals surface area (Å²) in [6, 6.07) is 0. The van der Waals surface area contributed by atoms with E-state index in [1.807, 2.05) is 13.8 Å². The molecule has 1 unspecified atom stereocenters. The molecule has 0 bridgehead atoms. The summed E-state index contributed by atoms with van der Waals surface area (Å²) in [4.78, 5) is 0.951. The molecule has 0 aromatic heterocycles. The summed E-state index contributed by atoms with van der Waals surface area (Å²) in [5, 5.41) is 0. The molecule has 0 fully saturated rings. The van der Waals surface area contributed by atoms with E-state index in [9.17, 15) is 0 Å². The van der Waals surface area contributed by atoms with Gasteiger partial charge < -0.3 is 20.9 Å². The highest BCUT2D eigenvalue weighted by Crippen LogP contribution is 2.46. The normalized spacial score (nSPS) is 18.3. The van der Waals surface area contributed by atoms with E-state index in [4.69, 9.17) is 20.9 Å². The highest BCUT2D eigenvalue weighted by atomic mass is 32.2. The van der Waals surface area contributed by atoms with Crippen LogP contribution in [0, 0.1) is 13.8 Å². The molecule has 18 heavy (non-hydrogen) atoms. The molecule has 2 rings (SSSR count). The summed E-state index contributed by atoms with van der Waals surface area (Å²) in [7, 11) is 0. The molecule has 4 N–H and O–H groups in total. The van der Waals surface area contributed by atoms with Crippen LogP contribution in [0.25, 0.3) is 0 Å². The summed E-state index contributed by atoms with van der Waals surface area (Å²) >= 11 is 1.66. The molecule has 0 radical (unpaired) electrons. The summed E-state index contributed by atoms with van der Waals surface area (Å²) in [6.07, 6.45) is 0.744. The SMILES string of the molecule is CCCOC1CSc2c(N)c(C)c(C)c(N)c2O1. The zero-order valence-corrected chi connectivity index (χ0v) is 11.9. The van der Waals surface area contributed by atoms with Gasteiger partial charge in [-0.2, -0.15) is 0 Å². The average Bonchev–Trinajstić information content (AvgIpc) is 2.40. The number of benzene rings is 1. The first-order valence-electron chi connectivity index (χ1n) is 6.15. The van der Waals surface area contributed by atoms with Crippen LogP contribution in [0.3, 0.4) is 0 Å². The van der Waals surface area contributed by atoms with Crippen molar-refractivity contribution in [2.45, 2.75) is 38.4 Å². The number of thioether (sulfide) groups is 1. The third-order valence-corrected chi connectivity index (χ3v) is 4.32. The van der Waals surface area contributed by atoms with Crippen LogP contribution in [0.4, 0.5) is 11.4 Å². The van der Waals surface area contributed by atoms with Gasteiger partial charge in [0.1, 0.15) is 0 Å². The van der Waals surface area contributed by atoms with Crippen LogP contribution in [0.1, 0.15) is 24.5 Å². The zero-order valence-electron chi connectivity index (χ0n) is 11.1. The van der Waals surface area contributed by atoms with Crippen molar-refractivity contribution in [1.29, 1.82) is 0 Å². The second kappa shape index (κ2) is 5.28. The fourth-order valence-electron chi connectivity index (χ4n) is 1.90. The Morgan fingerprint density at radius 2 is 1.94 bits per heavy atom. The molecule has 0 saturated carbocycles. The largest absolute Gasteiger partial charge is 0.461 e. The van der Waals surface area contributed by atoms with E-state index < -0.39 is 0 Å². The van der Waals surface area contributed by atoms with Crippen LogP contribution in [0.15, 0.2) is 4.90 Å². The van der Waals surface area contributed by atoms with Crippen LogP contribution in [0.5, 0.6) is 5.75 Å². The number of anilines is 2. The Hall–Kier alpha value is -1.07. The summed E-state index contributed by atoms with van der Waals surface area (Å²) in [5.41, 5.74) is 15.7. The second-order valence-corrected chi connectivity index (χ2v) is 5.50. The third kappa shape index (κ3) is 2.24. The van der Waals surface area contributed by atoms with E-state index in [2.05, 4.69) is 6.92 Å². The van der Waals surface area contributed by atoms with Crippen molar-refractivity contribution < 1.29 is 9.47 Å². The number of hydrogen-bond donors (Lipinski definition) is 2. The molecule has 1 aromatic rings. The molecule has 1 aromatic carbocycles. The smallest absolute Gasteiger partial charge is 0.209 e. The maximum Gasteiger partial charge on any atom is 0.209 e. The monoisotopic (exact) mass is 268 g/mol. The Bertz CT molecular complexity index is 463. The minimum absolute atomic E-state index is 0.230. The van der Waals surface area contributed by atoms with Gasteiger partial charge in [0.05, 0.1) is 28.6 Å². The van der Waals surface area contributed by atoms with E-state index in [1.165, 1.54) is 0 Å². The standard InChI is InChI=1S/C13H20N2O2S/c1-4-5-16-9-6-18-13-11(15)8(3)7(2)10(14)12(13)17-9/h9H,4-6,14-15H2,1-3H3. The summed E-state index contributed by atoms with van der Waals surface area (Å²) < 4.78 is 11.4. The van der Waals surface area contributed by atoms with E-state index in [0.29, 0.717) is 18.0 Å². The van der Waals surface area contributed by atoms with Crippen LogP contribution in [-0.2, 0) is 4.74 Å². The zero-order chi connectivity index (χ0) is 13.3. The number of nitrogen functional groups attached to an aromatic ring is 2. The molecule has 1 aliphatic heterocycles. The van der Waals surface area contributed by atoms with Gasteiger partial charge in [-0.05, 0) is 31.4 Å². The Kier molecular flexibility index (Phi) is 3.92. The van der Waals surface area contributed by atoms with Crippen molar-refractivity contribution in [3.8, 4) is 5.75 Å². The lowest BCUT2D eigenvalue weighted by Gasteiger charge is -2.29. The van der Waals surface area contributed by atoms with Crippen LogP contribution < -0.4 is 16.2 Å². The van der Waals surface area contributed by atoms with Crippen molar-refractivity contribution in [3.63, 3.8) is 0 Å². The highest BCUT2D eigenvalue weighted by molar-refractivity contribution is 7.99. The van der Waals surface area contributed by atoms with Gasteiger partial charge in [-0.3, -0.25) is 0 Å². The minimum atomic E-state index is -0.230. The second-order valence-electron chi connectivity index (χ2n) is 4.46. The van der Waals surface area contributed by atoms with Gasteiger partial charge in [0, 0.05) is 0 Å². The molecule has 1 heterocycles. The molecular weight excluding hydrogens is 248 g/mol. The van der Waals surface area contributed by atoms with Gasteiger partial charge in [0.15, 0.2) is 5.75 Å². The number of rotatable bonds is 3. The quantitative estimate of drug-likeness (QED) is 0.825. The molecule has 1 atom stereocenters. The van der Waals surface area contributed by atoms with Gasteiger partial charge in [0.25, 0.3) is 0 Å². The van der Waals surface area contributed by atoms with E-state index >= 15 is 0 Å². The molecule has 100 valence electrons. The molecule has 4 nitrogen and oxygen atoms in total. The Morgan fingerprint density at radius 3 is 2.61 bits per heavy atom. The molecular formula is C13H20N2O2S. The van der Waals surface area contributed by atoms with E-state index in [1.54, 1.807) is 11.8 Å². The number of fused-ring (bicyclic) bond motifs is 1. The molecule has 0 saturated heterocycles. The predicted octanol–water partition coefficient (Wildman–Crippen LogP) is 2.71. The van der Waals surface area contributed by atoms with Crippen molar-refractivity contribution >= 4 is 23.1 Å². The lowest BCUT2D eigenvalue weighted by molar-refractivity contribution is -0.0658. The van der Waals surface area contributed by atoms with Gasteiger partial charge in [-0.1, -0.05) is 6.92 Å². The lowest BCUT2D eigenvalue weighted by Crippen LogP contribution is -2.28. The van der Waals surface area contributed by atoms with E-state index in [0.717, 1.165) is 33.9 Å². The van der Waals surface area contributed by atoms with Crippen molar-refractivity contribution in [1.82, 2.24) is 0 Å². The Labute approximate surface area is 112 Å². The molecule has 0 aliphatic carbocycles. The molecule has 0 spiro atoms. The highest BCUT2D eigenvalue weighted by Gasteiger charge is 2.27. The fraction of sp³-hybridized carbons (Fsp3) is 0.538. The maximum absolute atomic E-state index is 6.12. The van der Waals surface area contributed by atoms with Gasteiger partial charge in [-0.25, -0.2) is 0 Å². The first kappa shape index (κ1) is 13.4. The van der Waals surface area contributed by atoms with Gasteiger partial charge in [-0.15, -0.1) is 11.8 Å². The first-order chi connectivity index (χ1) is 8.56. The van der Waals surface area contributed by atoms with E-state index in [-0.39, 0.29) is 6.29 Å². The summed E-state index contributed by atoms with van der Waals surface area (Å²) in [5.74, 6) is 1.44. The molecule has 0 amide bonds. The average molecular weight is 268 g/mol. The minimum Gasteiger partial charge on any atom is -0.461 e. The number of hydrogen-bond acceptors (Lipinski definition) is 5.